The normalized spacial score (nSPS) is 20.4. The smallest absolute Gasteiger partial charge is 0.0951 e. The van der Waals surface area contributed by atoms with Gasteiger partial charge in [0.25, 0.3) is 0 Å². The molecule has 1 aliphatic heterocycles. The topological polar surface area (TPSA) is 31.4 Å². The van der Waals surface area contributed by atoms with Crippen LogP contribution in [0.25, 0.3) is 0 Å². The number of nitrogens with zero attached hydrogens (tertiary/aromatic N) is 1. The van der Waals surface area contributed by atoms with Crippen LogP contribution in [0.5, 0.6) is 0 Å². The second-order valence-electron chi connectivity index (χ2n) is 3.92. The van der Waals surface area contributed by atoms with Crippen LogP contribution in [0.3, 0.4) is 0 Å². The summed E-state index contributed by atoms with van der Waals surface area (Å²) in [4.78, 5) is 4.38. The monoisotopic (exact) mass is 261 g/mol. The molecule has 1 aromatic rings. The van der Waals surface area contributed by atoms with Gasteiger partial charge in [-0.25, -0.2) is 4.98 Å². The van der Waals surface area contributed by atoms with Crippen LogP contribution in [0.4, 0.5) is 0 Å². The van der Waals surface area contributed by atoms with Gasteiger partial charge in [0, 0.05) is 24.3 Å². The quantitative estimate of drug-likeness (QED) is 0.582. The summed E-state index contributed by atoms with van der Waals surface area (Å²) in [5, 5.41) is 3.12. The largest absolute Gasteiger partial charge is 0.381 e. The van der Waals surface area contributed by atoms with Crippen LogP contribution < -0.4 is 0 Å². The van der Waals surface area contributed by atoms with Crippen molar-refractivity contribution in [2.45, 2.75) is 18.7 Å². The first-order valence-electron chi connectivity index (χ1n) is 5.53. The summed E-state index contributed by atoms with van der Waals surface area (Å²) >= 11 is 7.34. The first kappa shape index (κ1) is 12.3. The van der Waals surface area contributed by atoms with Crippen LogP contribution in [0.2, 0.25) is 0 Å². The minimum absolute atomic E-state index is 0.497. The first-order valence-corrected chi connectivity index (χ1v) is 6.94. The number of rotatable bonds is 6. The SMILES string of the molecule is ClCc1csc(CCOCC2CCOC2)n1. The molecule has 1 atom stereocenters. The highest BCUT2D eigenvalue weighted by atomic mass is 35.5. The molecule has 1 aromatic heterocycles. The molecule has 0 radical (unpaired) electrons. The standard InChI is InChI=1S/C11H16ClNO2S/c12-5-10-8-16-11(13-10)2-4-15-7-9-1-3-14-6-9/h8-9H,1-7H2. The molecule has 3 nitrogen and oxygen atoms in total. The minimum Gasteiger partial charge on any atom is -0.381 e. The summed E-state index contributed by atoms with van der Waals surface area (Å²) < 4.78 is 10.9. The lowest BCUT2D eigenvalue weighted by molar-refractivity contribution is 0.0918. The van der Waals surface area contributed by atoms with Crippen molar-refractivity contribution in [3.63, 3.8) is 0 Å². The van der Waals surface area contributed by atoms with Gasteiger partial charge in [0.05, 0.1) is 36.4 Å². The Morgan fingerprint density at radius 2 is 2.56 bits per heavy atom. The first-order chi connectivity index (χ1) is 7.88. The van der Waals surface area contributed by atoms with Gasteiger partial charge < -0.3 is 9.47 Å². The molecule has 1 aliphatic rings. The Hall–Kier alpha value is -0.160. The predicted molar refractivity (Wildman–Crippen MR) is 65.1 cm³/mol. The molecular formula is C11H16ClNO2S. The predicted octanol–water partition coefficient (Wildman–Crippen LogP) is 2.48. The van der Waals surface area contributed by atoms with Gasteiger partial charge in [-0.3, -0.25) is 0 Å². The van der Waals surface area contributed by atoms with Gasteiger partial charge in [0.1, 0.15) is 0 Å². The van der Waals surface area contributed by atoms with Gasteiger partial charge in [-0.15, -0.1) is 22.9 Å². The molecule has 0 amide bonds. The Kier molecular flexibility index (Phi) is 5.03. The fourth-order valence-electron chi connectivity index (χ4n) is 1.65. The van der Waals surface area contributed by atoms with E-state index < -0.39 is 0 Å². The van der Waals surface area contributed by atoms with E-state index >= 15 is 0 Å². The Morgan fingerprint density at radius 1 is 1.62 bits per heavy atom. The molecule has 2 heterocycles. The second kappa shape index (κ2) is 6.55. The van der Waals surface area contributed by atoms with Crippen molar-refractivity contribution in [2.24, 2.45) is 5.92 Å². The van der Waals surface area contributed by atoms with Crippen LogP contribution >= 0.6 is 22.9 Å². The molecule has 1 saturated heterocycles. The van der Waals surface area contributed by atoms with E-state index in [0.29, 0.717) is 11.8 Å². The van der Waals surface area contributed by atoms with Crippen molar-refractivity contribution < 1.29 is 9.47 Å². The number of ether oxygens (including phenoxy) is 2. The average Bonchev–Trinajstić information content (AvgIpc) is 2.95. The van der Waals surface area contributed by atoms with Crippen molar-refractivity contribution in [3.05, 3.63) is 16.1 Å². The van der Waals surface area contributed by atoms with Gasteiger partial charge in [0.2, 0.25) is 0 Å². The summed E-state index contributed by atoms with van der Waals surface area (Å²) in [6.45, 7) is 3.30. The highest BCUT2D eigenvalue weighted by Gasteiger charge is 2.15. The fraction of sp³-hybridized carbons (Fsp3) is 0.727. The summed E-state index contributed by atoms with van der Waals surface area (Å²) in [6, 6.07) is 0. The molecule has 2 rings (SSSR count). The number of alkyl halides is 1. The number of halogens is 1. The number of hydrogen-bond donors (Lipinski definition) is 0. The van der Waals surface area contributed by atoms with E-state index in [2.05, 4.69) is 4.98 Å². The second-order valence-corrected chi connectivity index (χ2v) is 5.13. The molecule has 1 unspecified atom stereocenters. The zero-order chi connectivity index (χ0) is 11.2. The zero-order valence-electron chi connectivity index (χ0n) is 9.15. The third kappa shape index (κ3) is 3.70. The summed E-state index contributed by atoms with van der Waals surface area (Å²) in [7, 11) is 0. The third-order valence-electron chi connectivity index (χ3n) is 2.57. The number of aromatic nitrogens is 1. The van der Waals surface area contributed by atoms with Crippen LogP contribution in [-0.2, 0) is 21.8 Å². The van der Waals surface area contributed by atoms with E-state index in [9.17, 15) is 0 Å². The molecule has 0 N–H and O–H groups in total. The van der Waals surface area contributed by atoms with E-state index in [1.165, 1.54) is 0 Å². The molecule has 5 heteroatoms. The Labute approximate surface area is 105 Å². The van der Waals surface area contributed by atoms with Gasteiger partial charge in [0.15, 0.2) is 0 Å². The Morgan fingerprint density at radius 3 is 3.25 bits per heavy atom. The molecule has 1 fully saturated rings. The Bertz CT molecular complexity index is 313. The maximum Gasteiger partial charge on any atom is 0.0951 e. The minimum atomic E-state index is 0.497. The van der Waals surface area contributed by atoms with Crippen LogP contribution in [0, 0.1) is 5.92 Å². The van der Waals surface area contributed by atoms with Crippen LogP contribution in [0.15, 0.2) is 5.38 Å². The zero-order valence-corrected chi connectivity index (χ0v) is 10.7. The van der Waals surface area contributed by atoms with Gasteiger partial charge in [-0.2, -0.15) is 0 Å². The maximum atomic E-state index is 5.69. The lowest BCUT2D eigenvalue weighted by Crippen LogP contribution is -2.10. The Balaban J connectivity index is 1.60. The highest BCUT2D eigenvalue weighted by Crippen LogP contribution is 2.14. The molecule has 0 spiro atoms. The van der Waals surface area contributed by atoms with Gasteiger partial charge >= 0.3 is 0 Å². The number of hydrogen-bond acceptors (Lipinski definition) is 4. The fourth-order valence-corrected chi connectivity index (χ4v) is 2.66. The third-order valence-corrected chi connectivity index (χ3v) is 3.81. The highest BCUT2D eigenvalue weighted by molar-refractivity contribution is 7.09. The van der Waals surface area contributed by atoms with E-state index in [1.54, 1.807) is 11.3 Å². The van der Waals surface area contributed by atoms with E-state index in [-0.39, 0.29) is 0 Å². The molecule has 90 valence electrons. The van der Waals surface area contributed by atoms with Crippen LogP contribution in [-0.4, -0.2) is 31.4 Å². The van der Waals surface area contributed by atoms with E-state index in [4.69, 9.17) is 21.1 Å². The average molecular weight is 262 g/mol. The van der Waals surface area contributed by atoms with Crippen molar-refractivity contribution >= 4 is 22.9 Å². The van der Waals surface area contributed by atoms with Crippen molar-refractivity contribution in [3.8, 4) is 0 Å². The van der Waals surface area contributed by atoms with Crippen molar-refractivity contribution in [2.75, 3.05) is 26.4 Å². The van der Waals surface area contributed by atoms with Gasteiger partial charge in [-0.05, 0) is 6.42 Å². The lowest BCUT2D eigenvalue weighted by Gasteiger charge is -2.07. The summed E-state index contributed by atoms with van der Waals surface area (Å²) in [5.41, 5.74) is 0.964. The van der Waals surface area contributed by atoms with Gasteiger partial charge in [-0.1, -0.05) is 0 Å². The van der Waals surface area contributed by atoms with Crippen LogP contribution in [0.1, 0.15) is 17.1 Å². The molecule has 0 saturated carbocycles. The number of thiazole rings is 1. The summed E-state index contributed by atoms with van der Waals surface area (Å²) in [6.07, 6.45) is 2.02. The molecule has 16 heavy (non-hydrogen) atoms. The maximum absolute atomic E-state index is 5.69. The van der Waals surface area contributed by atoms with Crippen molar-refractivity contribution in [1.29, 1.82) is 0 Å². The lowest BCUT2D eigenvalue weighted by atomic mass is 10.1. The van der Waals surface area contributed by atoms with E-state index in [0.717, 1.165) is 50.0 Å². The van der Waals surface area contributed by atoms with Crippen molar-refractivity contribution in [1.82, 2.24) is 4.98 Å². The summed E-state index contributed by atoms with van der Waals surface area (Å²) in [5.74, 6) is 1.09. The molecule has 0 aliphatic carbocycles. The van der Waals surface area contributed by atoms with E-state index in [1.807, 2.05) is 5.38 Å². The molecular weight excluding hydrogens is 246 g/mol. The molecule has 0 bridgehead atoms. The molecule has 0 aromatic carbocycles.